The van der Waals surface area contributed by atoms with Gasteiger partial charge in [0.2, 0.25) is 0 Å². The van der Waals surface area contributed by atoms with Crippen molar-refractivity contribution in [2.45, 2.75) is 50.9 Å². The van der Waals surface area contributed by atoms with Crippen LogP contribution in [0.25, 0.3) is 10.2 Å². The number of allylic oxidation sites excluding steroid dienone is 1. The van der Waals surface area contributed by atoms with Gasteiger partial charge in [0, 0.05) is 30.9 Å². The number of rotatable bonds is 7. The first-order chi connectivity index (χ1) is 17.6. The number of hydrogen-bond acceptors (Lipinski definition) is 7. The molecule has 1 aliphatic carbocycles. The number of anilines is 1. The smallest absolute Gasteiger partial charge is 0.317 e. The summed E-state index contributed by atoms with van der Waals surface area (Å²) in [4.78, 5) is 36.3. The Balaban J connectivity index is 1.10. The van der Waals surface area contributed by atoms with Crippen molar-refractivity contribution >= 4 is 50.0 Å². The molecule has 1 aliphatic heterocycles. The van der Waals surface area contributed by atoms with Crippen LogP contribution in [0.3, 0.4) is 0 Å². The molecule has 36 heavy (non-hydrogen) atoms. The average molecular weight is 526 g/mol. The van der Waals surface area contributed by atoms with Gasteiger partial charge in [0.15, 0.2) is 5.13 Å². The molecule has 3 aromatic rings. The molecule has 2 N–H and O–H groups in total. The van der Waals surface area contributed by atoms with Crippen LogP contribution in [0.15, 0.2) is 35.2 Å². The Morgan fingerprint density at radius 3 is 2.83 bits per heavy atom. The Kier molecular flexibility index (Phi) is 7.81. The minimum absolute atomic E-state index is 0.0255. The van der Waals surface area contributed by atoms with Crippen LogP contribution in [0, 0.1) is 0 Å². The van der Waals surface area contributed by atoms with Gasteiger partial charge in [0.25, 0.3) is 5.91 Å². The topological polar surface area (TPSA) is 96.5 Å². The monoisotopic (exact) mass is 525 g/mol. The number of nitrogens with zero attached hydrogens (tertiary/aromatic N) is 3. The van der Waals surface area contributed by atoms with Crippen LogP contribution in [-0.2, 0) is 0 Å². The number of thiazole rings is 2. The number of carbonyl (C=O) groups is 2. The third-order valence-electron chi connectivity index (χ3n) is 6.81. The van der Waals surface area contributed by atoms with Crippen LogP contribution < -0.4 is 15.4 Å². The van der Waals surface area contributed by atoms with Crippen molar-refractivity contribution in [2.75, 3.05) is 32.1 Å². The molecule has 5 rings (SSSR count). The van der Waals surface area contributed by atoms with Crippen LogP contribution in [0.1, 0.15) is 66.4 Å². The summed E-state index contributed by atoms with van der Waals surface area (Å²) in [6, 6.07) is 5.66. The van der Waals surface area contributed by atoms with Crippen molar-refractivity contribution in [3.8, 4) is 5.75 Å². The van der Waals surface area contributed by atoms with Crippen molar-refractivity contribution < 1.29 is 14.3 Å². The maximum Gasteiger partial charge on any atom is 0.317 e. The Hall–Kier alpha value is -2.98. The maximum atomic E-state index is 12.8. The summed E-state index contributed by atoms with van der Waals surface area (Å²) in [5.74, 6) is 0.769. The third kappa shape index (κ3) is 5.87. The molecule has 2 aromatic heterocycles. The summed E-state index contributed by atoms with van der Waals surface area (Å²) in [6.07, 6.45) is 9.90. The molecule has 0 unspecified atom stereocenters. The van der Waals surface area contributed by atoms with Crippen molar-refractivity contribution in [1.82, 2.24) is 20.2 Å². The molecule has 10 heteroatoms. The molecule has 3 heterocycles. The first-order valence-electron chi connectivity index (χ1n) is 12.5. The summed E-state index contributed by atoms with van der Waals surface area (Å²) in [6.45, 7) is 2.11. The van der Waals surface area contributed by atoms with Crippen LogP contribution in [-0.4, -0.2) is 53.6 Å². The standard InChI is InChI=1S/C26H31N5O3S2/c1-34-19-7-8-20-22(15-19)36-25(29-20)30-23(32)21-16-35-24(28-21)18-10-13-31(14-11-18)26(33)27-12-9-17-5-3-2-4-6-17/h5,7-8,15-16,18H,2-4,6,9-14H2,1H3,(H,27,33)(H,29,30,32). The zero-order valence-corrected chi connectivity index (χ0v) is 22.1. The fourth-order valence-electron chi connectivity index (χ4n) is 4.73. The van der Waals surface area contributed by atoms with Crippen molar-refractivity contribution in [2.24, 2.45) is 0 Å². The van der Waals surface area contributed by atoms with Gasteiger partial charge in [0.05, 0.1) is 22.3 Å². The molecule has 1 saturated heterocycles. The lowest BCUT2D eigenvalue weighted by molar-refractivity contribution is 0.102. The van der Waals surface area contributed by atoms with Gasteiger partial charge in [0.1, 0.15) is 11.4 Å². The molecule has 2 aliphatic rings. The lowest BCUT2D eigenvalue weighted by atomic mass is 9.97. The van der Waals surface area contributed by atoms with E-state index in [0.29, 0.717) is 30.5 Å². The molecule has 0 atom stereocenters. The second-order valence-electron chi connectivity index (χ2n) is 9.23. The van der Waals surface area contributed by atoms with Gasteiger partial charge >= 0.3 is 6.03 Å². The highest BCUT2D eigenvalue weighted by atomic mass is 32.1. The van der Waals surface area contributed by atoms with E-state index < -0.39 is 0 Å². The number of fused-ring (bicyclic) bond motifs is 1. The molecule has 1 fully saturated rings. The van der Waals surface area contributed by atoms with Crippen LogP contribution in [0.2, 0.25) is 0 Å². The largest absolute Gasteiger partial charge is 0.497 e. The number of urea groups is 1. The Bertz CT molecular complexity index is 1260. The second-order valence-corrected chi connectivity index (χ2v) is 11.1. The van der Waals surface area contributed by atoms with Crippen LogP contribution >= 0.6 is 22.7 Å². The predicted molar refractivity (Wildman–Crippen MR) is 144 cm³/mol. The van der Waals surface area contributed by atoms with Gasteiger partial charge in [-0.2, -0.15) is 0 Å². The van der Waals surface area contributed by atoms with Gasteiger partial charge in [-0.3, -0.25) is 10.1 Å². The van der Waals surface area contributed by atoms with E-state index in [-0.39, 0.29) is 17.9 Å². The summed E-state index contributed by atoms with van der Waals surface area (Å²) in [7, 11) is 1.63. The molecule has 0 spiro atoms. The molecule has 190 valence electrons. The van der Waals surface area contributed by atoms with Gasteiger partial charge in [-0.15, -0.1) is 11.3 Å². The zero-order valence-electron chi connectivity index (χ0n) is 20.4. The number of nitrogens with one attached hydrogen (secondary N) is 2. The highest BCUT2D eigenvalue weighted by molar-refractivity contribution is 7.22. The molecular weight excluding hydrogens is 494 g/mol. The number of aromatic nitrogens is 2. The summed E-state index contributed by atoms with van der Waals surface area (Å²) < 4.78 is 6.21. The quantitative estimate of drug-likeness (QED) is 0.381. The highest BCUT2D eigenvalue weighted by Crippen LogP contribution is 2.32. The number of ether oxygens (including phenoxy) is 1. The molecule has 3 amide bonds. The van der Waals surface area contributed by atoms with Crippen molar-refractivity contribution in [3.63, 3.8) is 0 Å². The van der Waals surface area contributed by atoms with Crippen molar-refractivity contribution in [1.29, 1.82) is 0 Å². The predicted octanol–water partition coefficient (Wildman–Crippen LogP) is 5.79. The Morgan fingerprint density at radius 2 is 2.06 bits per heavy atom. The van der Waals surface area contributed by atoms with Crippen LogP contribution in [0.5, 0.6) is 5.75 Å². The number of methoxy groups -OCH3 is 1. The average Bonchev–Trinajstić information content (AvgIpc) is 3.56. The minimum Gasteiger partial charge on any atom is -0.497 e. The number of amides is 3. The van der Waals surface area contributed by atoms with E-state index in [0.717, 1.165) is 40.2 Å². The highest BCUT2D eigenvalue weighted by Gasteiger charge is 2.26. The van der Waals surface area contributed by atoms with E-state index in [4.69, 9.17) is 4.74 Å². The maximum absolute atomic E-state index is 12.8. The summed E-state index contributed by atoms with van der Waals surface area (Å²) in [5, 5.41) is 9.26. The lowest BCUT2D eigenvalue weighted by Gasteiger charge is -2.31. The fraction of sp³-hybridized carbons (Fsp3) is 0.462. The zero-order chi connectivity index (χ0) is 24.9. The number of benzene rings is 1. The second kappa shape index (κ2) is 11.4. The number of piperidine rings is 1. The molecular formula is C26H31N5O3S2. The Morgan fingerprint density at radius 1 is 1.19 bits per heavy atom. The Labute approximate surface area is 218 Å². The summed E-state index contributed by atoms with van der Waals surface area (Å²) >= 11 is 2.92. The van der Waals surface area contributed by atoms with E-state index in [1.54, 1.807) is 12.5 Å². The van der Waals surface area contributed by atoms with Gasteiger partial charge in [-0.1, -0.05) is 23.0 Å². The molecule has 8 nitrogen and oxygen atoms in total. The van der Waals surface area contributed by atoms with E-state index in [9.17, 15) is 9.59 Å². The first-order valence-corrected chi connectivity index (χ1v) is 14.2. The lowest BCUT2D eigenvalue weighted by Crippen LogP contribution is -2.44. The van der Waals surface area contributed by atoms with Crippen molar-refractivity contribution in [3.05, 3.63) is 45.9 Å². The SMILES string of the molecule is COc1ccc2nc(NC(=O)c3csc(C4CCN(C(=O)NCCC5=CCCCC5)CC4)n3)sc2c1. The fourth-order valence-corrected chi connectivity index (χ4v) is 6.59. The molecule has 1 aromatic carbocycles. The molecule has 0 saturated carbocycles. The van der Waals surface area contributed by atoms with E-state index in [2.05, 4.69) is 26.7 Å². The normalized spacial score (nSPS) is 16.6. The first kappa shape index (κ1) is 24.7. The van der Waals surface area contributed by atoms with Gasteiger partial charge in [-0.25, -0.2) is 14.8 Å². The molecule has 0 bridgehead atoms. The minimum atomic E-state index is -0.256. The summed E-state index contributed by atoms with van der Waals surface area (Å²) in [5.41, 5.74) is 2.70. The van der Waals surface area contributed by atoms with E-state index in [1.165, 1.54) is 53.9 Å². The number of carbonyl (C=O) groups excluding carboxylic acids is 2. The van der Waals surface area contributed by atoms with E-state index in [1.807, 2.05) is 23.1 Å². The number of likely N-dealkylation sites (tertiary alicyclic amines) is 1. The number of hydrogen-bond donors (Lipinski definition) is 2. The third-order valence-corrected chi connectivity index (χ3v) is 8.75. The molecule has 0 radical (unpaired) electrons. The van der Waals surface area contributed by atoms with E-state index >= 15 is 0 Å². The van der Waals surface area contributed by atoms with Crippen LogP contribution in [0.4, 0.5) is 9.93 Å². The van der Waals surface area contributed by atoms with Gasteiger partial charge < -0.3 is 15.0 Å². The van der Waals surface area contributed by atoms with Gasteiger partial charge in [-0.05, 0) is 63.1 Å².